The summed E-state index contributed by atoms with van der Waals surface area (Å²) in [6.45, 7) is 5.36. The highest BCUT2D eigenvalue weighted by molar-refractivity contribution is 8.00. The second-order valence-corrected chi connectivity index (χ2v) is 8.18. The number of thioether (sulfide) groups is 1. The first kappa shape index (κ1) is 22.5. The molecule has 0 saturated carbocycles. The Labute approximate surface area is 179 Å². The van der Waals surface area contributed by atoms with E-state index < -0.39 is 0 Å². The lowest BCUT2D eigenvalue weighted by Gasteiger charge is -2.36. The number of halogens is 1. The molecule has 0 atom stereocenters. The zero-order chi connectivity index (χ0) is 21.3. The SMILES string of the molecule is O=C(CSCC(=O)N1CCN(C(=O)CN2CCOCC2)CC1)Nc1ccc(F)cc1. The fraction of sp³-hybridized carbons (Fsp3) is 0.550. The van der Waals surface area contributed by atoms with E-state index in [0.29, 0.717) is 51.6 Å². The molecule has 10 heteroatoms. The van der Waals surface area contributed by atoms with Gasteiger partial charge in [0, 0.05) is 45.0 Å². The number of morpholine rings is 1. The van der Waals surface area contributed by atoms with Crippen LogP contribution in [0.5, 0.6) is 0 Å². The average molecular weight is 439 g/mol. The van der Waals surface area contributed by atoms with E-state index in [1.807, 2.05) is 4.90 Å². The van der Waals surface area contributed by atoms with Gasteiger partial charge in [0.15, 0.2) is 0 Å². The van der Waals surface area contributed by atoms with Gasteiger partial charge in [0.25, 0.3) is 0 Å². The Morgan fingerprint density at radius 3 is 2.13 bits per heavy atom. The maximum Gasteiger partial charge on any atom is 0.236 e. The molecule has 30 heavy (non-hydrogen) atoms. The molecule has 0 aliphatic carbocycles. The average Bonchev–Trinajstić information content (AvgIpc) is 2.76. The molecule has 2 fully saturated rings. The first-order valence-corrected chi connectivity index (χ1v) is 11.2. The molecule has 2 aliphatic rings. The Morgan fingerprint density at radius 2 is 1.50 bits per heavy atom. The standard InChI is InChI=1S/C20H27FN4O4S/c21-16-1-3-17(4-2-16)22-18(26)14-30-15-20(28)25-7-5-24(6-8-25)19(27)13-23-9-11-29-12-10-23/h1-4H,5-15H2,(H,22,26). The molecule has 1 N–H and O–H groups in total. The summed E-state index contributed by atoms with van der Waals surface area (Å²) >= 11 is 1.24. The number of benzene rings is 1. The van der Waals surface area contributed by atoms with Crippen LogP contribution in [0.2, 0.25) is 0 Å². The van der Waals surface area contributed by atoms with Crippen LogP contribution in [0.1, 0.15) is 0 Å². The van der Waals surface area contributed by atoms with Crippen LogP contribution in [0.3, 0.4) is 0 Å². The number of nitrogens with one attached hydrogen (secondary N) is 1. The molecule has 8 nitrogen and oxygen atoms in total. The van der Waals surface area contributed by atoms with E-state index in [1.165, 1.54) is 36.0 Å². The van der Waals surface area contributed by atoms with Crippen molar-refractivity contribution in [1.82, 2.24) is 14.7 Å². The van der Waals surface area contributed by atoms with Gasteiger partial charge in [0.2, 0.25) is 17.7 Å². The minimum Gasteiger partial charge on any atom is -0.379 e. The third-order valence-electron chi connectivity index (χ3n) is 5.03. The minimum atomic E-state index is -0.365. The molecule has 3 rings (SSSR count). The van der Waals surface area contributed by atoms with Gasteiger partial charge >= 0.3 is 0 Å². The molecule has 0 aromatic heterocycles. The molecule has 1 aromatic carbocycles. The highest BCUT2D eigenvalue weighted by Gasteiger charge is 2.25. The summed E-state index contributed by atoms with van der Waals surface area (Å²) in [5.41, 5.74) is 0.520. The topological polar surface area (TPSA) is 82.2 Å². The van der Waals surface area contributed by atoms with Crippen molar-refractivity contribution >= 4 is 35.2 Å². The minimum absolute atomic E-state index is 0.0325. The van der Waals surface area contributed by atoms with Crippen molar-refractivity contribution in [1.29, 1.82) is 0 Å². The van der Waals surface area contributed by atoms with E-state index in [4.69, 9.17) is 4.74 Å². The van der Waals surface area contributed by atoms with Crippen LogP contribution in [-0.2, 0) is 19.1 Å². The number of ether oxygens (including phenoxy) is 1. The van der Waals surface area contributed by atoms with E-state index in [0.717, 1.165) is 13.1 Å². The second kappa shape index (κ2) is 11.3. The Kier molecular flexibility index (Phi) is 8.47. The summed E-state index contributed by atoms with van der Waals surface area (Å²) in [5, 5.41) is 2.67. The Hall–Kier alpha value is -2.17. The lowest BCUT2D eigenvalue weighted by molar-refractivity contribution is -0.139. The Balaban J connectivity index is 1.31. The lowest BCUT2D eigenvalue weighted by Crippen LogP contribution is -2.53. The Bertz CT molecular complexity index is 735. The smallest absolute Gasteiger partial charge is 0.236 e. The number of hydrogen-bond acceptors (Lipinski definition) is 6. The molecule has 2 aliphatic heterocycles. The number of carbonyl (C=O) groups excluding carboxylic acids is 3. The highest BCUT2D eigenvalue weighted by Crippen LogP contribution is 2.11. The highest BCUT2D eigenvalue weighted by atomic mass is 32.2. The van der Waals surface area contributed by atoms with E-state index >= 15 is 0 Å². The zero-order valence-electron chi connectivity index (χ0n) is 16.8. The molecular weight excluding hydrogens is 411 g/mol. The molecule has 3 amide bonds. The molecule has 0 unspecified atom stereocenters. The van der Waals surface area contributed by atoms with Gasteiger partial charge in [-0.25, -0.2) is 4.39 Å². The molecule has 0 spiro atoms. The normalized spacial score (nSPS) is 17.6. The number of carbonyl (C=O) groups is 3. The van der Waals surface area contributed by atoms with Gasteiger partial charge < -0.3 is 19.9 Å². The van der Waals surface area contributed by atoms with Crippen LogP contribution < -0.4 is 5.32 Å². The summed E-state index contributed by atoms with van der Waals surface area (Å²) in [4.78, 5) is 42.4. The number of hydrogen-bond donors (Lipinski definition) is 1. The molecule has 0 bridgehead atoms. The number of rotatable bonds is 7. The van der Waals surface area contributed by atoms with E-state index in [9.17, 15) is 18.8 Å². The predicted molar refractivity (Wildman–Crippen MR) is 113 cm³/mol. The van der Waals surface area contributed by atoms with Crippen LogP contribution in [-0.4, -0.2) is 103 Å². The van der Waals surface area contributed by atoms with Crippen LogP contribution >= 0.6 is 11.8 Å². The summed E-state index contributed by atoms with van der Waals surface area (Å²) in [5.74, 6) is -0.195. The summed E-state index contributed by atoms with van der Waals surface area (Å²) in [6.07, 6.45) is 0. The summed E-state index contributed by atoms with van der Waals surface area (Å²) in [7, 11) is 0. The first-order chi connectivity index (χ1) is 14.5. The van der Waals surface area contributed by atoms with Crippen molar-refractivity contribution in [3.63, 3.8) is 0 Å². The lowest BCUT2D eigenvalue weighted by atomic mass is 10.3. The van der Waals surface area contributed by atoms with Gasteiger partial charge in [-0.05, 0) is 24.3 Å². The van der Waals surface area contributed by atoms with Gasteiger partial charge in [0.05, 0.1) is 31.3 Å². The molecular formula is C20H27FN4O4S. The van der Waals surface area contributed by atoms with Crippen LogP contribution in [0.4, 0.5) is 10.1 Å². The third kappa shape index (κ3) is 6.96. The zero-order valence-corrected chi connectivity index (χ0v) is 17.7. The van der Waals surface area contributed by atoms with Crippen molar-refractivity contribution in [2.24, 2.45) is 0 Å². The number of anilines is 1. The fourth-order valence-electron chi connectivity index (χ4n) is 3.31. The van der Waals surface area contributed by atoms with Gasteiger partial charge in [-0.1, -0.05) is 0 Å². The molecule has 0 radical (unpaired) electrons. The molecule has 2 heterocycles. The van der Waals surface area contributed by atoms with Crippen molar-refractivity contribution in [2.45, 2.75) is 0 Å². The molecule has 1 aromatic rings. The predicted octanol–water partition coefficient (Wildman–Crippen LogP) is 0.500. The maximum absolute atomic E-state index is 12.9. The number of nitrogens with zero attached hydrogens (tertiary/aromatic N) is 3. The number of amides is 3. The van der Waals surface area contributed by atoms with Crippen molar-refractivity contribution in [2.75, 3.05) is 75.8 Å². The van der Waals surface area contributed by atoms with Gasteiger partial charge in [-0.15, -0.1) is 11.8 Å². The van der Waals surface area contributed by atoms with E-state index in [1.54, 1.807) is 4.90 Å². The molecule has 164 valence electrons. The first-order valence-electron chi connectivity index (χ1n) is 10.00. The third-order valence-corrected chi connectivity index (χ3v) is 5.95. The van der Waals surface area contributed by atoms with E-state index in [2.05, 4.69) is 10.2 Å². The summed E-state index contributed by atoms with van der Waals surface area (Å²) in [6, 6.07) is 5.53. The quantitative estimate of drug-likeness (QED) is 0.668. The maximum atomic E-state index is 12.9. The summed E-state index contributed by atoms with van der Waals surface area (Å²) < 4.78 is 18.2. The van der Waals surface area contributed by atoms with Gasteiger partial charge in [0.1, 0.15) is 5.82 Å². The van der Waals surface area contributed by atoms with Crippen LogP contribution in [0, 0.1) is 5.82 Å². The van der Waals surface area contributed by atoms with Crippen LogP contribution in [0.25, 0.3) is 0 Å². The monoisotopic (exact) mass is 438 g/mol. The molecule has 2 saturated heterocycles. The van der Waals surface area contributed by atoms with Crippen molar-refractivity contribution < 1.29 is 23.5 Å². The van der Waals surface area contributed by atoms with E-state index in [-0.39, 0.29) is 35.0 Å². The number of piperazine rings is 1. The second-order valence-electron chi connectivity index (χ2n) is 7.20. The van der Waals surface area contributed by atoms with Crippen molar-refractivity contribution in [3.05, 3.63) is 30.1 Å². The van der Waals surface area contributed by atoms with Gasteiger partial charge in [-0.2, -0.15) is 0 Å². The van der Waals surface area contributed by atoms with Crippen LogP contribution in [0.15, 0.2) is 24.3 Å². The van der Waals surface area contributed by atoms with Gasteiger partial charge in [-0.3, -0.25) is 19.3 Å². The van der Waals surface area contributed by atoms with Crippen molar-refractivity contribution in [3.8, 4) is 0 Å². The fourth-order valence-corrected chi connectivity index (χ4v) is 4.03. The Morgan fingerprint density at radius 1 is 0.900 bits per heavy atom. The largest absolute Gasteiger partial charge is 0.379 e.